The van der Waals surface area contributed by atoms with Crippen molar-refractivity contribution in [1.82, 2.24) is 9.97 Å². The highest BCUT2D eigenvalue weighted by Crippen LogP contribution is 2.21. The Morgan fingerprint density at radius 1 is 1.32 bits per heavy atom. The topological polar surface area (TPSA) is 73.1 Å². The third kappa shape index (κ3) is 4.35. The van der Waals surface area contributed by atoms with Gasteiger partial charge in [-0.15, -0.1) is 0 Å². The van der Waals surface area contributed by atoms with Gasteiger partial charge in [-0.1, -0.05) is 41.6 Å². The Hall–Kier alpha value is -2.29. The number of ether oxygens (including phenoxy) is 1. The monoisotopic (exact) mass is 316 g/mol. The molecule has 0 saturated carbocycles. The summed E-state index contributed by atoms with van der Waals surface area (Å²) in [6, 6.07) is 7.93. The second-order valence-corrected chi connectivity index (χ2v) is 4.85. The number of nitrogen functional groups attached to an aromatic ring is 1. The van der Waals surface area contributed by atoms with Gasteiger partial charge < -0.3 is 15.8 Å². The Morgan fingerprint density at radius 2 is 2.14 bits per heavy atom. The molecule has 1 aromatic carbocycles. The lowest BCUT2D eigenvalue weighted by molar-refractivity contribution is 0.184. The largest absolute Gasteiger partial charge is 0.393 e. The van der Waals surface area contributed by atoms with Crippen LogP contribution in [0.5, 0.6) is 0 Å². The van der Waals surface area contributed by atoms with E-state index < -0.39 is 0 Å². The molecule has 0 fully saturated rings. The zero-order valence-electron chi connectivity index (χ0n) is 12.3. The first-order valence-corrected chi connectivity index (χ1v) is 7.15. The van der Waals surface area contributed by atoms with Gasteiger partial charge in [-0.2, -0.15) is 0 Å². The summed E-state index contributed by atoms with van der Waals surface area (Å²) < 4.78 is 5.16. The molecule has 1 heterocycles. The highest BCUT2D eigenvalue weighted by molar-refractivity contribution is 6.32. The summed E-state index contributed by atoms with van der Waals surface area (Å²) in [6.45, 7) is 1.18. The van der Waals surface area contributed by atoms with Crippen LogP contribution >= 0.6 is 11.6 Å². The van der Waals surface area contributed by atoms with Crippen molar-refractivity contribution in [2.75, 3.05) is 24.7 Å². The summed E-state index contributed by atoms with van der Waals surface area (Å²) in [6.07, 6.45) is 2.02. The third-order valence-corrected chi connectivity index (χ3v) is 3.22. The lowest BCUT2D eigenvalue weighted by Gasteiger charge is -2.06. The van der Waals surface area contributed by atoms with Gasteiger partial charge in [-0.3, -0.25) is 0 Å². The quantitative estimate of drug-likeness (QED) is 0.504. The summed E-state index contributed by atoms with van der Waals surface area (Å²) in [4.78, 5) is 7.84. The Labute approximate surface area is 134 Å². The van der Waals surface area contributed by atoms with E-state index in [2.05, 4.69) is 27.1 Å². The van der Waals surface area contributed by atoms with Gasteiger partial charge in [0.2, 0.25) is 0 Å². The van der Waals surface area contributed by atoms with Crippen molar-refractivity contribution < 1.29 is 4.74 Å². The molecule has 3 N–H and O–H groups in total. The van der Waals surface area contributed by atoms with E-state index in [1.165, 1.54) is 6.33 Å². The first-order valence-electron chi connectivity index (χ1n) is 6.78. The van der Waals surface area contributed by atoms with Crippen molar-refractivity contribution in [3.63, 3.8) is 0 Å². The average molecular weight is 317 g/mol. The van der Waals surface area contributed by atoms with Crippen molar-refractivity contribution in [2.24, 2.45) is 0 Å². The molecule has 5 nitrogen and oxygen atoms in total. The molecule has 0 amide bonds. The number of hydrogen-bond acceptors (Lipinski definition) is 5. The van der Waals surface area contributed by atoms with Crippen molar-refractivity contribution in [2.45, 2.75) is 13.0 Å². The lowest BCUT2D eigenvalue weighted by atomic mass is 10.1. The Balaban J connectivity index is 1.91. The van der Waals surface area contributed by atoms with Crippen LogP contribution in [-0.4, -0.2) is 23.6 Å². The molecule has 22 heavy (non-hydrogen) atoms. The number of aromatic nitrogens is 2. The second-order valence-electron chi connectivity index (χ2n) is 4.50. The maximum Gasteiger partial charge on any atom is 0.157 e. The SMILES string of the molecule is COCc1ccccc1C#CCCNc1ncnc(Cl)c1N. The van der Waals surface area contributed by atoms with Gasteiger partial charge in [-0.05, 0) is 11.6 Å². The smallest absolute Gasteiger partial charge is 0.157 e. The van der Waals surface area contributed by atoms with Crippen molar-refractivity contribution in [1.29, 1.82) is 0 Å². The number of nitrogens with zero attached hydrogens (tertiary/aromatic N) is 2. The van der Waals surface area contributed by atoms with E-state index in [1.54, 1.807) is 7.11 Å². The minimum absolute atomic E-state index is 0.247. The van der Waals surface area contributed by atoms with E-state index >= 15 is 0 Å². The van der Waals surface area contributed by atoms with Crippen LogP contribution in [0, 0.1) is 11.8 Å². The van der Waals surface area contributed by atoms with Gasteiger partial charge >= 0.3 is 0 Å². The molecule has 2 rings (SSSR count). The van der Waals surface area contributed by atoms with E-state index in [0.717, 1.165) is 11.1 Å². The molecule has 1 aromatic heterocycles. The van der Waals surface area contributed by atoms with Crippen molar-refractivity contribution in [3.8, 4) is 11.8 Å². The highest BCUT2D eigenvalue weighted by atomic mass is 35.5. The van der Waals surface area contributed by atoms with Gasteiger partial charge in [0.05, 0.1) is 6.61 Å². The van der Waals surface area contributed by atoms with E-state index in [0.29, 0.717) is 31.1 Å². The van der Waals surface area contributed by atoms with Crippen LogP contribution in [0.4, 0.5) is 11.5 Å². The molecule has 0 atom stereocenters. The van der Waals surface area contributed by atoms with Gasteiger partial charge in [0.1, 0.15) is 12.0 Å². The molecular weight excluding hydrogens is 300 g/mol. The van der Waals surface area contributed by atoms with Crippen molar-refractivity contribution >= 4 is 23.1 Å². The van der Waals surface area contributed by atoms with Crippen LogP contribution in [0.25, 0.3) is 0 Å². The molecule has 0 aliphatic rings. The molecule has 0 aliphatic carbocycles. The van der Waals surface area contributed by atoms with Gasteiger partial charge in [0.25, 0.3) is 0 Å². The molecule has 0 spiro atoms. The maximum absolute atomic E-state index is 5.83. The first-order chi connectivity index (χ1) is 10.7. The van der Waals surface area contributed by atoms with Gasteiger partial charge in [0, 0.05) is 25.6 Å². The van der Waals surface area contributed by atoms with Crippen LogP contribution in [0.2, 0.25) is 5.15 Å². The van der Waals surface area contributed by atoms with E-state index in [1.807, 2.05) is 24.3 Å². The van der Waals surface area contributed by atoms with E-state index in [4.69, 9.17) is 22.1 Å². The fourth-order valence-electron chi connectivity index (χ4n) is 1.84. The standard InChI is InChI=1S/C16H17ClN4O/c1-22-10-13-8-3-2-6-12(13)7-4-5-9-19-16-14(18)15(17)20-11-21-16/h2-3,6,8,11H,5,9-10,18H2,1H3,(H,19,20,21). The Morgan fingerprint density at radius 3 is 2.95 bits per heavy atom. The number of halogens is 1. The summed E-state index contributed by atoms with van der Waals surface area (Å²) >= 11 is 5.83. The number of hydrogen-bond donors (Lipinski definition) is 2. The van der Waals surface area contributed by atoms with Crippen LogP contribution < -0.4 is 11.1 Å². The lowest BCUT2D eigenvalue weighted by Crippen LogP contribution is -2.06. The summed E-state index contributed by atoms with van der Waals surface area (Å²) in [5.41, 5.74) is 8.18. The number of methoxy groups -OCH3 is 1. The molecule has 0 saturated heterocycles. The van der Waals surface area contributed by atoms with Crippen LogP contribution in [-0.2, 0) is 11.3 Å². The second kappa shape index (κ2) is 8.23. The zero-order valence-corrected chi connectivity index (χ0v) is 13.0. The van der Waals surface area contributed by atoms with Gasteiger partial charge in [0.15, 0.2) is 11.0 Å². The van der Waals surface area contributed by atoms with Crippen LogP contribution in [0.15, 0.2) is 30.6 Å². The number of rotatable bonds is 5. The van der Waals surface area contributed by atoms with E-state index in [-0.39, 0.29) is 5.15 Å². The number of nitrogens with one attached hydrogen (secondary N) is 1. The Kier molecular flexibility index (Phi) is 6.01. The number of anilines is 2. The Bertz CT molecular complexity index is 694. The molecule has 2 aromatic rings. The summed E-state index contributed by atoms with van der Waals surface area (Å²) in [5.74, 6) is 6.80. The minimum atomic E-state index is 0.247. The predicted molar refractivity (Wildman–Crippen MR) is 88.6 cm³/mol. The van der Waals surface area contributed by atoms with E-state index in [9.17, 15) is 0 Å². The molecule has 0 bridgehead atoms. The number of benzene rings is 1. The fraction of sp³-hybridized carbons (Fsp3) is 0.250. The van der Waals surface area contributed by atoms with Crippen LogP contribution in [0.1, 0.15) is 17.5 Å². The van der Waals surface area contributed by atoms with Crippen molar-refractivity contribution in [3.05, 3.63) is 46.9 Å². The minimum Gasteiger partial charge on any atom is -0.393 e. The van der Waals surface area contributed by atoms with Gasteiger partial charge in [-0.25, -0.2) is 9.97 Å². The third-order valence-electron chi connectivity index (χ3n) is 2.92. The average Bonchev–Trinajstić information content (AvgIpc) is 2.53. The molecule has 6 heteroatoms. The molecular formula is C16H17ClN4O. The fourth-order valence-corrected chi connectivity index (χ4v) is 1.97. The maximum atomic E-state index is 5.83. The first kappa shape index (κ1) is 16.1. The summed E-state index contributed by atoms with van der Waals surface area (Å²) in [7, 11) is 1.67. The normalized spacial score (nSPS) is 9.91. The molecule has 114 valence electrons. The molecule has 0 unspecified atom stereocenters. The van der Waals surface area contributed by atoms with Crippen LogP contribution in [0.3, 0.4) is 0 Å². The highest BCUT2D eigenvalue weighted by Gasteiger charge is 2.04. The molecule has 0 radical (unpaired) electrons. The zero-order chi connectivity index (χ0) is 15.8. The number of nitrogens with two attached hydrogens (primary N) is 1. The summed E-state index contributed by atoms with van der Waals surface area (Å²) in [5, 5.41) is 3.34. The molecule has 0 aliphatic heterocycles. The predicted octanol–water partition coefficient (Wildman–Crippen LogP) is 2.71.